The Morgan fingerprint density at radius 1 is 1.10 bits per heavy atom. The number of rotatable bonds is 14. The SMILES string of the molecule is C=CCN(CCCC)C(=O)C1N([C@H](CO)c2ccccc2)C(=O)[C@@H]2[C@H](C(=O)N(CC=C)CCC)[C@@H]3CC(C)C12S3. The van der Waals surface area contributed by atoms with Gasteiger partial charge in [0.2, 0.25) is 17.7 Å². The molecule has 4 rings (SSSR count). The normalized spacial score (nSPS) is 29.2. The predicted molar refractivity (Wildman–Crippen MR) is 161 cm³/mol. The first-order valence-electron chi connectivity index (χ1n) is 14.8. The Kier molecular flexibility index (Phi) is 9.83. The van der Waals surface area contributed by atoms with Crippen LogP contribution in [0.5, 0.6) is 0 Å². The molecule has 40 heavy (non-hydrogen) atoms. The zero-order valence-corrected chi connectivity index (χ0v) is 25.0. The summed E-state index contributed by atoms with van der Waals surface area (Å²) >= 11 is 1.68. The van der Waals surface area contributed by atoms with Gasteiger partial charge in [0.25, 0.3) is 0 Å². The van der Waals surface area contributed by atoms with Gasteiger partial charge in [0, 0.05) is 31.4 Å². The third kappa shape index (κ3) is 5.02. The Morgan fingerprint density at radius 3 is 2.33 bits per heavy atom. The maximum absolute atomic E-state index is 14.7. The molecule has 3 unspecified atom stereocenters. The third-order valence-electron chi connectivity index (χ3n) is 8.99. The van der Waals surface area contributed by atoms with E-state index in [0.29, 0.717) is 26.2 Å². The highest BCUT2D eigenvalue weighted by molar-refractivity contribution is 8.02. The number of amides is 3. The number of likely N-dealkylation sites (tertiary alicyclic amines) is 1. The molecule has 7 atom stereocenters. The van der Waals surface area contributed by atoms with E-state index in [1.807, 2.05) is 47.1 Å². The maximum atomic E-state index is 14.7. The number of fused-ring (bicyclic) bond motifs is 1. The lowest BCUT2D eigenvalue weighted by Crippen LogP contribution is -2.58. The minimum atomic E-state index is -0.777. The summed E-state index contributed by atoms with van der Waals surface area (Å²) in [4.78, 5) is 48.7. The van der Waals surface area contributed by atoms with Gasteiger partial charge in [-0.15, -0.1) is 24.9 Å². The molecule has 3 aliphatic rings. The molecule has 0 aromatic heterocycles. The van der Waals surface area contributed by atoms with E-state index >= 15 is 0 Å². The Morgan fingerprint density at radius 2 is 1.75 bits per heavy atom. The van der Waals surface area contributed by atoms with Gasteiger partial charge in [-0.1, -0.05) is 69.7 Å². The summed E-state index contributed by atoms with van der Waals surface area (Å²) in [5.41, 5.74) is 0.783. The molecule has 1 N–H and O–H groups in total. The van der Waals surface area contributed by atoms with E-state index in [1.54, 1.807) is 28.8 Å². The summed E-state index contributed by atoms with van der Waals surface area (Å²) in [5, 5.41) is 10.7. The van der Waals surface area contributed by atoms with Gasteiger partial charge in [-0.05, 0) is 30.7 Å². The first kappa shape index (κ1) is 30.4. The van der Waals surface area contributed by atoms with Gasteiger partial charge >= 0.3 is 0 Å². The van der Waals surface area contributed by atoms with Crippen LogP contribution in [0.25, 0.3) is 0 Å². The molecule has 1 aromatic rings. The van der Waals surface area contributed by atoms with Crippen molar-refractivity contribution in [2.45, 2.75) is 68.5 Å². The Bertz CT molecular complexity index is 1100. The lowest BCUT2D eigenvalue weighted by molar-refractivity contribution is -0.147. The van der Waals surface area contributed by atoms with Crippen molar-refractivity contribution in [3.8, 4) is 0 Å². The molecule has 3 heterocycles. The van der Waals surface area contributed by atoms with Crippen molar-refractivity contribution in [3.05, 3.63) is 61.2 Å². The molecule has 0 radical (unpaired) electrons. The number of hydrogen-bond acceptors (Lipinski definition) is 5. The number of nitrogens with zero attached hydrogens (tertiary/aromatic N) is 3. The van der Waals surface area contributed by atoms with Crippen molar-refractivity contribution in [1.82, 2.24) is 14.7 Å². The minimum absolute atomic E-state index is 0.0198. The smallest absolute Gasteiger partial charge is 0.247 e. The van der Waals surface area contributed by atoms with Gasteiger partial charge in [-0.25, -0.2) is 0 Å². The highest BCUT2D eigenvalue weighted by Crippen LogP contribution is 2.69. The summed E-state index contributed by atoms with van der Waals surface area (Å²) < 4.78 is -0.737. The van der Waals surface area contributed by atoms with Crippen molar-refractivity contribution in [2.75, 3.05) is 32.8 Å². The van der Waals surface area contributed by atoms with E-state index in [4.69, 9.17) is 0 Å². The fraction of sp³-hybridized carbons (Fsp3) is 0.594. The number of carbonyl (C=O) groups is 3. The van der Waals surface area contributed by atoms with Crippen LogP contribution in [0, 0.1) is 17.8 Å². The molecule has 1 spiro atoms. The van der Waals surface area contributed by atoms with Crippen LogP contribution in [0.4, 0.5) is 0 Å². The van der Waals surface area contributed by atoms with Crippen LogP contribution in [-0.4, -0.2) is 86.4 Å². The van der Waals surface area contributed by atoms with Gasteiger partial charge in [-0.2, -0.15) is 0 Å². The number of benzene rings is 1. The molecule has 3 amide bonds. The van der Waals surface area contributed by atoms with Gasteiger partial charge < -0.3 is 19.8 Å². The average molecular weight is 568 g/mol. The average Bonchev–Trinajstić information content (AvgIpc) is 3.55. The number of unbranched alkanes of at least 4 members (excludes halogenated alkanes) is 1. The van der Waals surface area contributed by atoms with Crippen molar-refractivity contribution >= 4 is 29.5 Å². The van der Waals surface area contributed by atoms with Gasteiger partial charge in [0.15, 0.2) is 0 Å². The van der Waals surface area contributed by atoms with Crippen LogP contribution in [0.2, 0.25) is 0 Å². The number of hydrogen-bond donors (Lipinski definition) is 1. The van der Waals surface area contributed by atoms with Crippen LogP contribution < -0.4 is 0 Å². The molecule has 7 nitrogen and oxygen atoms in total. The van der Waals surface area contributed by atoms with E-state index in [9.17, 15) is 19.5 Å². The first-order valence-corrected chi connectivity index (χ1v) is 15.6. The lowest BCUT2D eigenvalue weighted by Gasteiger charge is -2.42. The first-order chi connectivity index (χ1) is 19.3. The Balaban J connectivity index is 1.85. The molecule has 0 aliphatic carbocycles. The second-order valence-corrected chi connectivity index (χ2v) is 13.0. The molecule has 1 aromatic carbocycles. The van der Waals surface area contributed by atoms with Crippen LogP contribution in [0.3, 0.4) is 0 Å². The van der Waals surface area contributed by atoms with Crippen molar-refractivity contribution in [2.24, 2.45) is 17.8 Å². The summed E-state index contributed by atoms with van der Waals surface area (Å²) in [6.45, 7) is 15.7. The van der Waals surface area contributed by atoms with E-state index < -0.39 is 28.7 Å². The molecule has 218 valence electrons. The van der Waals surface area contributed by atoms with E-state index in [1.165, 1.54) is 0 Å². The summed E-state index contributed by atoms with van der Waals surface area (Å²) in [7, 11) is 0. The number of aliphatic hydroxyl groups excluding tert-OH is 1. The van der Waals surface area contributed by atoms with E-state index in [0.717, 1.165) is 31.2 Å². The zero-order valence-electron chi connectivity index (χ0n) is 24.2. The van der Waals surface area contributed by atoms with Crippen LogP contribution in [0.1, 0.15) is 58.1 Å². The summed E-state index contributed by atoms with van der Waals surface area (Å²) in [6.07, 6.45) is 6.84. The quantitative estimate of drug-likeness (QED) is 0.339. The highest BCUT2D eigenvalue weighted by Gasteiger charge is 2.77. The third-order valence-corrected chi connectivity index (χ3v) is 11.1. The minimum Gasteiger partial charge on any atom is -0.394 e. The molecule has 3 fully saturated rings. The molecule has 0 saturated carbocycles. The number of carbonyl (C=O) groups excluding carboxylic acids is 3. The van der Waals surface area contributed by atoms with Crippen molar-refractivity contribution in [3.63, 3.8) is 0 Å². The molecular weight excluding hydrogens is 522 g/mol. The van der Waals surface area contributed by atoms with E-state index in [2.05, 4.69) is 27.0 Å². The summed E-state index contributed by atoms with van der Waals surface area (Å²) in [5.74, 6) is -1.38. The maximum Gasteiger partial charge on any atom is 0.247 e. The fourth-order valence-corrected chi connectivity index (χ4v) is 9.68. The van der Waals surface area contributed by atoms with Crippen LogP contribution in [-0.2, 0) is 14.4 Å². The van der Waals surface area contributed by atoms with Crippen molar-refractivity contribution in [1.29, 1.82) is 0 Å². The fourth-order valence-electron chi connectivity index (χ4n) is 7.28. The molecule has 2 bridgehead atoms. The van der Waals surface area contributed by atoms with Gasteiger partial charge in [-0.3, -0.25) is 14.4 Å². The summed E-state index contributed by atoms with van der Waals surface area (Å²) in [6, 6.07) is 7.99. The number of aliphatic hydroxyl groups is 1. The zero-order chi connectivity index (χ0) is 29.0. The molecule has 3 saturated heterocycles. The Hall–Kier alpha value is -2.58. The van der Waals surface area contributed by atoms with Crippen LogP contribution >= 0.6 is 11.8 Å². The predicted octanol–water partition coefficient (Wildman–Crippen LogP) is 4.30. The highest BCUT2D eigenvalue weighted by atomic mass is 32.2. The van der Waals surface area contributed by atoms with Gasteiger partial charge in [0.1, 0.15) is 6.04 Å². The largest absolute Gasteiger partial charge is 0.394 e. The van der Waals surface area contributed by atoms with Gasteiger partial charge in [0.05, 0.1) is 29.2 Å². The second kappa shape index (κ2) is 12.9. The second-order valence-electron chi connectivity index (χ2n) is 11.4. The standard InChI is InChI=1S/C32H45N3O4S/c1-6-10-19-34(18-9-4)31(39)28-32-22(5)20-25(40-32)26(29(37)33(16-7-2)17-8-3)27(32)30(38)35(28)24(21-36)23-14-12-11-13-15-23/h7,9,11-15,22,24-28,36H,2,4,6,8,10,16-21H2,1,3,5H3/t22?,24-,25+,26-,27+,28?,32?/m1/s1. The molecule has 3 aliphatic heterocycles. The van der Waals surface area contributed by atoms with Crippen LogP contribution in [0.15, 0.2) is 55.6 Å². The topological polar surface area (TPSA) is 81.2 Å². The van der Waals surface area contributed by atoms with E-state index in [-0.39, 0.29) is 35.5 Å². The lowest BCUT2D eigenvalue weighted by atomic mass is 9.65. The monoisotopic (exact) mass is 567 g/mol. The Labute approximate surface area is 243 Å². The molecular formula is C32H45N3O4S. The van der Waals surface area contributed by atoms with Crippen molar-refractivity contribution < 1.29 is 19.5 Å². The molecule has 8 heteroatoms. The number of thioether (sulfide) groups is 1.